The highest BCUT2D eigenvalue weighted by molar-refractivity contribution is 6.88. The van der Waals surface area contributed by atoms with Crippen molar-refractivity contribution in [3.8, 4) is 77.9 Å². The van der Waals surface area contributed by atoms with Crippen LogP contribution in [0.5, 0.6) is 0 Å². The minimum atomic E-state index is -1.39. The number of benzene rings is 12. The first-order valence-electron chi connectivity index (χ1n) is 25.5. The lowest BCUT2D eigenvalue weighted by Crippen LogP contribution is -2.37. The van der Waals surface area contributed by atoms with Gasteiger partial charge in [0.2, 0.25) is 0 Å². The fraction of sp³-hybridized carbons (Fsp3) is 0.0986. The normalized spacial score (nSPS) is 12.0. The van der Waals surface area contributed by atoms with Gasteiger partial charge in [0.25, 0.3) is 0 Å². The minimum Gasteiger partial charge on any atom is -0.0656 e. The van der Waals surface area contributed by atoms with Crippen molar-refractivity contribution in [3.63, 3.8) is 0 Å². The van der Waals surface area contributed by atoms with Crippen LogP contribution < -0.4 is 5.19 Å². The summed E-state index contributed by atoms with van der Waals surface area (Å²) in [4.78, 5) is 0. The van der Waals surface area contributed by atoms with Gasteiger partial charge in [-0.1, -0.05) is 276 Å². The van der Waals surface area contributed by atoms with Crippen LogP contribution in [-0.4, -0.2) is 8.07 Å². The molecule has 0 fully saturated rings. The van der Waals surface area contributed by atoms with E-state index < -0.39 is 8.07 Å². The van der Waals surface area contributed by atoms with Crippen molar-refractivity contribution in [1.82, 2.24) is 0 Å². The molecule has 12 rings (SSSR count). The van der Waals surface area contributed by atoms with Crippen LogP contribution >= 0.6 is 0 Å². The highest BCUT2D eigenvalue weighted by Crippen LogP contribution is 2.48. The van der Waals surface area contributed by atoms with E-state index in [2.05, 4.69) is 283 Å². The van der Waals surface area contributed by atoms with Gasteiger partial charge in [0, 0.05) is 0 Å². The molecule has 0 saturated heterocycles. The molecule has 0 aromatic heterocycles. The SMILES string of the molecule is CC(C)(C)c1ccc(-c2ccc(-c3c4ccccc4c(-c4ccccc4)c4cc(-c5ccc6c(-c7ccc(-c8ccc([Si](C)(C)C)cc8)cc7)c7ccccc7c(-c7ccccc7)c6c5)ccc34)cc2)cc1. The third-order valence-electron chi connectivity index (χ3n) is 15.0. The monoisotopic (exact) mass is 938 g/mol. The van der Waals surface area contributed by atoms with Crippen molar-refractivity contribution >= 4 is 56.4 Å². The van der Waals surface area contributed by atoms with Gasteiger partial charge >= 0.3 is 0 Å². The Morgan fingerprint density at radius 2 is 0.500 bits per heavy atom. The van der Waals surface area contributed by atoms with Gasteiger partial charge in [-0.05, 0) is 144 Å². The molecule has 0 amide bonds. The van der Waals surface area contributed by atoms with Gasteiger partial charge in [-0.3, -0.25) is 0 Å². The molecule has 0 unspecified atom stereocenters. The highest BCUT2D eigenvalue weighted by atomic mass is 28.3. The topological polar surface area (TPSA) is 0 Å². The van der Waals surface area contributed by atoms with Crippen LogP contribution in [0.2, 0.25) is 19.6 Å². The van der Waals surface area contributed by atoms with Crippen molar-refractivity contribution < 1.29 is 0 Å². The Morgan fingerprint density at radius 1 is 0.236 bits per heavy atom. The van der Waals surface area contributed by atoms with Crippen molar-refractivity contribution in [2.24, 2.45) is 0 Å². The summed E-state index contributed by atoms with van der Waals surface area (Å²) in [6.07, 6.45) is 0. The lowest BCUT2D eigenvalue weighted by molar-refractivity contribution is 0.590. The van der Waals surface area contributed by atoms with Crippen LogP contribution in [0.1, 0.15) is 26.3 Å². The van der Waals surface area contributed by atoms with E-state index in [0.29, 0.717) is 0 Å². The van der Waals surface area contributed by atoms with Gasteiger partial charge in [-0.25, -0.2) is 0 Å². The molecule has 0 spiro atoms. The Balaban J connectivity index is 1.04. The first-order chi connectivity index (χ1) is 35.0. The van der Waals surface area contributed by atoms with Gasteiger partial charge in [-0.2, -0.15) is 0 Å². The van der Waals surface area contributed by atoms with E-state index >= 15 is 0 Å². The zero-order valence-corrected chi connectivity index (χ0v) is 43.1. The second-order valence-corrected chi connectivity index (χ2v) is 26.7. The molecule has 0 saturated carbocycles. The Morgan fingerprint density at radius 3 is 0.847 bits per heavy atom. The van der Waals surface area contributed by atoms with E-state index in [-0.39, 0.29) is 5.41 Å². The summed E-state index contributed by atoms with van der Waals surface area (Å²) in [5.74, 6) is 0. The van der Waals surface area contributed by atoms with Crippen molar-refractivity contribution in [2.75, 3.05) is 0 Å². The standard InChI is InChI=1S/C71H58Si/c1-71(2,3)57-39-33-49(34-40-57)47-25-29-53(30-26-47)67-59-21-13-15-23-61(59)69(51-17-9-7-10-18-51)65-45-55(37-43-63(65)67)56-38-44-64-66(46-56)70(52-19-11-8-12-20-52)62-24-16-14-22-60(62)68(64)54-31-27-48(28-32-54)50-35-41-58(42-36-50)72(4,5)6/h7-46H,1-6H3. The summed E-state index contributed by atoms with van der Waals surface area (Å²) in [5.41, 5.74) is 18.7. The molecule has 0 aliphatic carbocycles. The van der Waals surface area contributed by atoms with Gasteiger partial charge in [-0.15, -0.1) is 0 Å². The van der Waals surface area contributed by atoms with Gasteiger partial charge < -0.3 is 0 Å². The quantitative estimate of drug-likeness (QED) is 0.105. The summed E-state index contributed by atoms with van der Waals surface area (Å²) in [6, 6.07) is 91.1. The molecular formula is C71H58Si. The Bertz CT molecular complexity index is 3700. The molecule has 0 atom stereocenters. The summed E-state index contributed by atoms with van der Waals surface area (Å²) >= 11 is 0. The smallest absolute Gasteiger partial charge is 0.0656 e. The van der Waals surface area contributed by atoms with Crippen molar-refractivity contribution in [2.45, 2.75) is 45.8 Å². The summed E-state index contributed by atoms with van der Waals surface area (Å²) in [7, 11) is -1.39. The maximum absolute atomic E-state index is 2.46. The van der Waals surface area contributed by atoms with E-state index in [4.69, 9.17) is 0 Å². The Labute approximate surface area is 425 Å². The molecular weight excluding hydrogens is 881 g/mol. The molecule has 0 heterocycles. The maximum atomic E-state index is 2.46. The molecule has 0 aliphatic rings. The number of rotatable bonds is 8. The summed E-state index contributed by atoms with van der Waals surface area (Å²) in [5, 5.41) is 11.5. The number of hydrogen-bond acceptors (Lipinski definition) is 0. The van der Waals surface area contributed by atoms with Crippen LogP contribution in [-0.2, 0) is 5.41 Å². The first-order valence-corrected chi connectivity index (χ1v) is 29.0. The average Bonchev–Trinajstić information content (AvgIpc) is 3.41. The fourth-order valence-corrected chi connectivity index (χ4v) is 12.3. The van der Waals surface area contributed by atoms with Crippen molar-refractivity contribution in [3.05, 3.63) is 248 Å². The number of hydrogen-bond donors (Lipinski definition) is 0. The first kappa shape index (κ1) is 45.1. The minimum absolute atomic E-state index is 0.114. The molecule has 72 heavy (non-hydrogen) atoms. The van der Waals surface area contributed by atoms with E-state index in [1.165, 1.54) is 132 Å². The molecule has 1 heteroatoms. The zero-order chi connectivity index (χ0) is 49.1. The largest absolute Gasteiger partial charge is 0.0775 e. The van der Waals surface area contributed by atoms with Crippen LogP contribution in [0.25, 0.3) is 121 Å². The van der Waals surface area contributed by atoms with E-state index in [9.17, 15) is 0 Å². The van der Waals surface area contributed by atoms with Crippen LogP contribution in [0.3, 0.4) is 0 Å². The second kappa shape index (κ2) is 17.9. The molecule has 0 nitrogen and oxygen atoms in total. The van der Waals surface area contributed by atoms with E-state index in [0.717, 1.165) is 0 Å². The molecule has 0 bridgehead atoms. The van der Waals surface area contributed by atoms with Gasteiger partial charge in [0.1, 0.15) is 0 Å². The third-order valence-corrected chi connectivity index (χ3v) is 17.1. The lowest BCUT2D eigenvalue weighted by atomic mass is 9.83. The van der Waals surface area contributed by atoms with Gasteiger partial charge in [0.15, 0.2) is 0 Å². The highest BCUT2D eigenvalue weighted by Gasteiger charge is 2.22. The van der Waals surface area contributed by atoms with Gasteiger partial charge in [0.05, 0.1) is 8.07 Å². The zero-order valence-electron chi connectivity index (χ0n) is 42.1. The molecule has 0 radical (unpaired) electrons. The average molecular weight is 939 g/mol. The molecule has 12 aromatic rings. The van der Waals surface area contributed by atoms with E-state index in [1.807, 2.05) is 0 Å². The number of fused-ring (bicyclic) bond motifs is 4. The lowest BCUT2D eigenvalue weighted by Gasteiger charge is -2.20. The third kappa shape index (κ3) is 8.14. The van der Waals surface area contributed by atoms with Crippen LogP contribution in [0, 0.1) is 0 Å². The fourth-order valence-electron chi connectivity index (χ4n) is 11.2. The Kier molecular flexibility index (Phi) is 11.2. The molecule has 0 aliphatic heterocycles. The van der Waals surface area contributed by atoms with Crippen LogP contribution in [0.4, 0.5) is 0 Å². The predicted octanol–water partition coefficient (Wildman–Crippen LogP) is 19.8. The maximum Gasteiger partial charge on any atom is 0.0775 e. The van der Waals surface area contributed by atoms with E-state index in [1.54, 1.807) is 0 Å². The van der Waals surface area contributed by atoms with Crippen molar-refractivity contribution in [1.29, 1.82) is 0 Å². The Hall–Kier alpha value is -8.10. The summed E-state index contributed by atoms with van der Waals surface area (Å²) in [6.45, 7) is 14.0. The predicted molar refractivity (Wildman–Crippen MR) is 316 cm³/mol. The molecule has 0 N–H and O–H groups in total. The summed E-state index contributed by atoms with van der Waals surface area (Å²) < 4.78 is 0. The molecule has 12 aromatic carbocycles. The second-order valence-electron chi connectivity index (χ2n) is 21.7. The van der Waals surface area contributed by atoms with Crippen LogP contribution in [0.15, 0.2) is 243 Å². The molecule has 346 valence electrons.